The Balaban J connectivity index is 1.27. The van der Waals surface area contributed by atoms with Crippen LogP contribution in [-0.2, 0) is 17.8 Å². The molecule has 33 heavy (non-hydrogen) atoms. The highest BCUT2D eigenvalue weighted by atomic mass is 16.5. The molecule has 0 saturated carbocycles. The Morgan fingerprint density at radius 3 is 2.21 bits per heavy atom. The quantitative estimate of drug-likeness (QED) is 0.492. The number of nitrogens with one attached hydrogen (secondary N) is 1. The van der Waals surface area contributed by atoms with Gasteiger partial charge in [-0.25, -0.2) is 0 Å². The third-order valence-corrected chi connectivity index (χ3v) is 6.50. The molecule has 172 valence electrons. The number of piperidine rings is 1. The van der Waals surface area contributed by atoms with Crippen LogP contribution in [0, 0.1) is 5.41 Å². The number of carbonyl (C=O) groups is 1. The molecule has 1 atom stereocenters. The fraction of sp³-hybridized carbons (Fsp3) is 0.345. The Bertz CT molecular complexity index is 1020. The van der Waals surface area contributed by atoms with Crippen molar-refractivity contribution in [2.75, 3.05) is 18.0 Å². The zero-order chi connectivity index (χ0) is 23.1. The van der Waals surface area contributed by atoms with E-state index in [9.17, 15) is 4.79 Å². The van der Waals surface area contributed by atoms with Crippen molar-refractivity contribution < 1.29 is 9.53 Å². The van der Waals surface area contributed by atoms with Gasteiger partial charge in [-0.2, -0.15) is 0 Å². The molecule has 4 rings (SSSR count). The van der Waals surface area contributed by atoms with E-state index in [1.54, 1.807) is 0 Å². The number of amides is 1. The highest BCUT2D eigenvalue weighted by Crippen LogP contribution is 2.33. The molecule has 4 nitrogen and oxygen atoms in total. The van der Waals surface area contributed by atoms with E-state index in [2.05, 4.69) is 60.5 Å². The Kier molecular flexibility index (Phi) is 7.33. The Hall–Kier alpha value is -3.27. The smallest absolute Gasteiger partial charge is 0.220 e. The van der Waals surface area contributed by atoms with Crippen molar-refractivity contribution in [2.24, 2.45) is 5.41 Å². The maximum atomic E-state index is 12.6. The first-order valence-corrected chi connectivity index (χ1v) is 11.8. The van der Waals surface area contributed by atoms with E-state index in [0.717, 1.165) is 37.2 Å². The number of hydrogen-bond acceptors (Lipinski definition) is 3. The van der Waals surface area contributed by atoms with E-state index in [1.807, 2.05) is 48.5 Å². The maximum Gasteiger partial charge on any atom is 0.220 e. The lowest BCUT2D eigenvalue weighted by Crippen LogP contribution is -2.55. The first-order chi connectivity index (χ1) is 16.0. The molecule has 0 aromatic heterocycles. The topological polar surface area (TPSA) is 41.6 Å². The summed E-state index contributed by atoms with van der Waals surface area (Å²) in [5.74, 6) is 1.02. The third-order valence-electron chi connectivity index (χ3n) is 6.50. The lowest BCUT2D eigenvalue weighted by Gasteiger charge is -2.45. The molecule has 3 aromatic rings. The lowest BCUT2D eigenvalue weighted by atomic mass is 9.78. The van der Waals surface area contributed by atoms with Crippen LogP contribution in [0.1, 0.15) is 37.8 Å². The molecule has 1 N–H and O–H groups in total. The number of nitrogens with zero attached hydrogens (tertiary/aromatic N) is 1. The summed E-state index contributed by atoms with van der Waals surface area (Å²) in [4.78, 5) is 15.0. The van der Waals surface area contributed by atoms with E-state index in [4.69, 9.17) is 4.74 Å². The van der Waals surface area contributed by atoms with E-state index in [1.165, 1.54) is 11.3 Å². The summed E-state index contributed by atoms with van der Waals surface area (Å²) in [6.07, 6.45) is 2.26. The molecule has 1 amide bonds. The molecule has 1 saturated heterocycles. The zero-order valence-electron chi connectivity index (χ0n) is 19.7. The van der Waals surface area contributed by atoms with Crippen LogP contribution in [-0.4, -0.2) is 25.0 Å². The number of anilines is 1. The summed E-state index contributed by atoms with van der Waals surface area (Å²) in [6, 6.07) is 29.0. The van der Waals surface area contributed by atoms with Crippen molar-refractivity contribution in [1.82, 2.24) is 5.32 Å². The minimum atomic E-state index is -0.0108. The summed E-state index contributed by atoms with van der Waals surface area (Å²) < 4.78 is 5.93. The molecule has 0 aliphatic carbocycles. The minimum Gasteiger partial charge on any atom is -0.489 e. The molecule has 0 bridgehead atoms. The average Bonchev–Trinajstić information content (AvgIpc) is 2.84. The fourth-order valence-electron chi connectivity index (χ4n) is 4.51. The van der Waals surface area contributed by atoms with E-state index in [-0.39, 0.29) is 17.4 Å². The summed E-state index contributed by atoms with van der Waals surface area (Å²) >= 11 is 0. The van der Waals surface area contributed by atoms with Gasteiger partial charge >= 0.3 is 0 Å². The highest BCUT2D eigenvalue weighted by molar-refractivity contribution is 5.76. The van der Waals surface area contributed by atoms with Crippen molar-refractivity contribution in [1.29, 1.82) is 0 Å². The number of carbonyl (C=O) groups excluding carboxylic acids is 1. The predicted octanol–water partition coefficient (Wildman–Crippen LogP) is 5.62. The first-order valence-electron chi connectivity index (χ1n) is 11.8. The van der Waals surface area contributed by atoms with E-state index < -0.39 is 0 Å². The van der Waals surface area contributed by atoms with E-state index >= 15 is 0 Å². The molecule has 3 aromatic carbocycles. The summed E-state index contributed by atoms with van der Waals surface area (Å²) in [7, 11) is 0. The molecule has 0 radical (unpaired) electrons. The summed E-state index contributed by atoms with van der Waals surface area (Å²) in [5.41, 5.74) is 3.56. The number of rotatable bonds is 8. The standard InChI is InChI=1S/C29H34N2O2/c1-29(2)22-31(20-19-27(29)30-28(32)18-13-23-9-5-3-6-10-23)25-14-16-26(17-15-25)33-21-24-11-7-4-8-12-24/h3-12,14-17,27H,13,18-22H2,1-2H3,(H,30,32). The van der Waals surface area contributed by atoms with Gasteiger partial charge in [-0.15, -0.1) is 0 Å². The largest absolute Gasteiger partial charge is 0.489 e. The third kappa shape index (κ3) is 6.38. The van der Waals surface area contributed by atoms with Crippen molar-refractivity contribution in [3.05, 3.63) is 96.1 Å². The van der Waals surface area contributed by atoms with Gasteiger partial charge < -0.3 is 15.0 Å². The van der Waals surface area contributed by atoms with Crippen LogP contribution in [0.2, 0.25) is 0 Å². The number of aryl methyl sites for hydroxylation is 1. The molecule has 1 fully saturated rings. The second kappa shape index (κ2) is 10.6. The SMILES string of the molecule is CC1(C)CN(c2ccc(OCc3ccccc3)cc2)CCC1NC(=O)CCc1ccccc1. The molecule has 0 spiro atoms. The van der Waals surface area contributed by atoms with Gasteiger partial charge in [-0.3, -0.25) is 4.79 Å². The van der Waals surface area contributed by atoms with Gasteiger partial charge in [-0.1, -0.05) is 74.5 Å². The molecular formula is C29H34N2O2. The van der Waals surface area contributed by atoms with Gasteiger partial charge in [0.1, 0.15) is 12.4 Å². The Morgan fingerprint density at radius 1 is 0.939 bits per heavy atom. The maximum absolute atomic E-state index is 12.6. The van der Waals surface area contributed by atoms with Crippen molar-refractivity contribution >= 4 is 11.6 Å². The molecule has 4 heteroatoms. The monoisotopic (exact) mass is 442 g/mol. The molecule has 1 aliphatic heterocycles. The van der Waals surface area contributed by atoms with Crippen LogP contribution in [0.3, 0.4) is 0 Å². The zero-order valence-corrected chi connectivity index (χ0v) is 19.7. The van der Waals surface area contributed by atoms with Crippen molar-refractivity contribution in [3.8, 4) is 5.75 Å². The van der Waals surface area contributed by atoms with Gasteiger partial charge in [0.2, 0.25) is 5.91 Å². The molecule has 1 unspecified atom stereocenters. The fourth-order valence-corrected chi connectivity index (χ4v) is 4.51. The first kappa shape index (κ1) is 22.9. The van der Waals surface area contributed by atoms with Crippen LogP contribution < -0.4 is 15.0 Å². The molecule has 1 aliphatic rings. The van der Waals surface area contributed by atoms with E-state index in [0.29, 0.717) is 13.0 Å². The van der Waals surface area contributed by atoms with Crippen LogP contribution in [0.15, 0.2) is 84.9 Å². The van der Waals surface area contributed by atoms with Crippen LogP contribution >= 0.6 is 0 Å². The second-order valence-corrected chi connectivity index (χ2v) is 9.57. The predicted molar refractivity (Wildman–Crippen MR) is 135 cm³/mol. The molecule has 1 heterocycles. The summed E-state index contributed by atoms with van der Waals surface area (Å²) in [5, 5.41) is 3.31. The Morgan fingerprint density at radius 2 is 1.58 bits per heavy atom. The average molecular weight is 443 g/mol. The highest BCUT2D eigenvalue weighted by Gasteiger charge is 2.36. The number of ether oxygens (including phenoxy) is 1. The second-order valence-electron chi connectivity index (χ2n) is 9.57. The minimum absolute atomic E-state index is 0.0108. The van der Waals surface area contributed by atoms with Crippen molar-refractivity contribution in [3.63, 3.8) is 0 Å². The summed E-state index contributed by atoms with van der Waals surface area (Å²) in [6.45, 7) is 6.90. The van der Waals surface area contributed by atoms with Gasteiger partial charge in [0.25, 0.3) is 0 Å². The van der Waals surface area contributed by atoms with Gasteiger partial charge in [0.05, 0.1) is 0 Å². The van der Waals surface area contributed by atoms with Gasteiger partial charge in [0, 0.05) is 36.7 Å². The van der Waals surface area contributed by atoms with Gasteiger partial charge in [0.15, 0.2) is 0 Å². The lowest BCUT2D eigenvalue weighted by molar-refractivity contribution is -0.122. The number of hydrogen-bond donors (Lipinski definition) is 1. The van der Waals surface area contributed by atoms with Crippen molar-refractivity contribution in [2.45, 2.75) is 45.8 Å². The van der Waals surface area contributed by atoms with Crippen LogP contribution in [0.4, 0.5) is 5.69 Å². The normalized spacial score (nSPS) is 17.4. The molecular weight excluding hydrogens is 408 g/mol. The Labute approximate surface area is 197 Å². The van der Waals surface area contributed by atoms with Gasteiger partial charge in [-0.05, 0) is 48.2 Å². The number of benzene rings is 3. The van der Waals surface area contributed by atoms with Crippen LogP contribution in [0.5, 0.6) is 5.75 Å². The van der Waals surface area contributed by atoms with Crippen LogP contribution in [0.25, 0.3) is 0 Å².